The molecule has 3 N–H and O–H groups in total. The lowest BCUT2D eigenvalue weighted by Crippen LogP contribution is -2.37. The highest BCUT2D eigenvalue weighted by molar-refractivity contribution is 8.01. The van der Waals surface area contributed by atoms with E-state index in [0.29, 0.717) is 23.4 Å². The second-order valence-corrected chi connectivity index (χ2v) is 9.93. The Morgan fingerprint density at radius 3 is 2.65 bits per heavy atom. The minimum absolute atomic E-state index is 0.0322. The van der Waals surface area contributed by atoms with Gasteiger partial charge in [-0.2, -0.15) is 18.3 Å². The van der Waals surface area contributed by atoms with Crippen LogP contribution in [-0.2, 0) is 12.7 Å². The number of alkyl halides is 3. The van der Waals surface area contributed by atoms with Crippen LogP contribution in [0.5, 0.6) is 0 Å². The molecule has 3 rings (SSSR count). The summed E-state index contributed by atoms with van der Waals surface area (Å²) in [5.74, 6) is 6.03. The van der Waals surface area contributed by atoms with Crippen molar-refractivity contribution in [3.8, 4) is 0 Å². The Bertz CT molecular complexity index is 985. The summed E-state index contributed by atoms with van der Waals surface area (Å²) >= 11 is 1.71. The van der Waals surface area contributed by atoms with E-state index in [9.17, 15) is 13.2 Å². The molecular formula is C24H31F3N6S. The first-order valence-corrected chi connectivity index (χ1v) is 12.2. The molecule has 34 heavy (non-hydrogen) atoms. The zero-order valence-corrected chi connectivity index (χ0v) is 20.2. The van der Waals surface area contributed by atoms with Crippen LogP contribution in [0, 0.1) is 0 Å². The molecule has 10 heteroatoms. The summed E-state index contributed by atoms with van der Waals surface area (Å²) in [4.78, 5) is 10.1. The van der Waals surface area contributed by atoms with Gasteiger partial charge in [0.1, 0.15) is 5.69 Å². The van der Waals surface area contributed by atoms with Crippen LogP contribution in [0.2, 0.25) is 0 Å². The van der Waals surface area contributed by atoms with Gasteiger partial charge in [-0.3, -0.25) is 9.89 Å². The number of likely N-dealkylation sites (tertiary alicyclic amines) is 1. The number of anilines is 1. The van der Waals surface area contributed by atoms with E-state index in [0.717, 1.165) is 37.7 Å². The molecular weight excluding hydrogens is 461 g/mol. The molecule has 0 amide bonds. The summed E-state index contributed by atoms with van der Waals surface area (Å²) in [6, 6.07) is 12.4. The van der Waals surface area contributed by atoms with Crippen molar-refractivity contribution in [3.05, 3.63) is 59.4 Å². The van der Waals surface area contributed by atoms with Gasteiger partial charge in [0.15, 0.2) is 0 Å². The summed E-state index contributed by atoms with van der Waals surface area (Å²) in [6.07, 6.45) is -0.885. The van der Waals surface area contributed by atoms with Gasteiger partial charge in [0.2, 0.25) is 0 Å². The predicted octanol–water partition coefficient (Wildman–Crippen LogP) is 5.33. The highest BCUT2D eigenvalue weighted by Gasteiger charge is 2.32. The third-order valence-electron chi connectivity index (χ3n) is 5.50. The fourth-order valence-corrected chi connectivity index (χ4v) is 4.28. The Balaban J connectivity index is 1.49. The van der Waals surface area contributed by atoms with Crippen molar-refractivity contribution < 1.29 is 13.2 Å². The molecule has 1 aliphatic rings. The molecule has 1 aliphatic heterocycles. The summed E-state index contributed by atoms with van der Waals surface area (Å²) in [5, 5.41) is 4.32. The van der Waals surface area contributed by atoms with Crippen molar-refractivity contribution in [2.24, 2.45) is 15.9 Å². The van der Waals surface area contributed by atoms with Crippen molar-refractivity contribution in [1.29, 1.82) is 0 Å². The SMILES string of the molecule is CC(C)SNc1cccc(C2CCN(CC(C=NCc3cccc(C(F)(F)F)n3)=NN)CC2)c1. The standard InChI is InChI=1S/C24H31F3N6S/c1-17(2)34-32-20-6-3-5-19(13-20)18-9-11-33(12-10-18)16-22(31-28)15-29-14-21-7-4-8-23(30-21)24(25,26)27/h3-8,13,15,17-18,32H,9-12,14,16,28H2,1-2H3. The number of benzene rings is 1. The Morgan fingerprint density at radius 2 is 1.97 bits per heavy atom. The van der Waals surface area contributed by atoms with Gasteiger partial charge < -0.3 is 10.6 Å². The van der Waals surface area contributed by atoms with Crippen molar-refractivity contribution in [2.45, 2.75) is 50.6 Å². The Morgan fingerprint density at radius 1 is 1.24 bits per heavy atom. The van der Waals surface area contributed by atoms with Crippen LogP contribution in [0.25, 0.3) is 0 Å². The molecule has 1 saturated heterocycles. The van der Waals surface area contributed by atoms with Crippen LogP contribution >= 0.6 is 11.9 Å². The highest BCUT2D eigenvalue weighted by atomic mass is 32.2. The van der Waals surface area contributed by atoms with Crippen LogP contribution < -0.4 is 10.6 Å². The zero-order valence-electron chi connectivity index (χ0n) is 19.4. The third kappa shape index (κ3) is 8.02. The molecule has 2 heterocycles. The summed E-state index contributed by atoms with van der Waals surface area (Å²) < 4.78 is 41.8. The Kier molecular flexibility index (Phi) is 9.35. The van der Waals surface area contributed by atoms with E-state index in [1.54, 1.807) is 11.9 Å². The van der Waals surface area contributed by atoms with Crippen LogP contribution in [0.15, 0.2) is 52.6 Å². The Hall–Kier alpha value is -2.59. The molecule has 6 nitrogen and oxygen atoms in total. The fraction of sp³-hybridized carbons (Fsp3) is 0.458. The number of aromatic nitrogens is 1. The van der Waals surface area contributed by atoms with Crippen molar-refractivity contribution >= 4 is 29.6 Å². The zero-order chi connectivity index (χ0) is 24.6. The smallest absolute Gasteiger partial charge is 0.330 e. The number of piperidine rings is 1. The van der Waals surface area contributed by atoms with Crippen molar-refractivity contribution in [2.75, 3.05) is 24.4 Å². The highest BCUT2D eigenvalue weighted by Crippen LogP contribution is 2.30. The van der Waals surface area contributed by atoms with Crippen LogP contribution in [0.3, 0.4) is 0 Å². The quantitative estimate of drug-likeness (QED) is 0.214. The second kappa shape index (κ2) is 12.2. The number of hydrazone groups is 1. The average Bonchev–Trinajstić information content (AvgIpc) is 2.82. The van der Waals surface area contributed by atoms with Gasteiger partial charge in [0, 0.05) is 23.7 Å². The van der Waals surface area contributed by atoms with Crippen LogP contribution in [0.4, 0.5) is 18.9 Å². The van der Waals surface area contributed by atoms with E-state index in [1.165, 1.54) is 23.9 Å². The molecule has 0 saturated carbocycles. The number of halogens is 3. The normalized spacial score (nSPS) is 16.5. The number of aliphatic imine (C=N–C) groups is 1. The number of rotatable bonds is 9. The van der Waals surface area contributed by atoms with Crippen molar-refractivity contribution in [1.82, 2.24) is 9.88 Å². The number of hydrogen-bond acceptors (Lipinski definition) is 7. The molecule has 1 aromatic carbocycles. The van der Waals surface area contributed by atoms with Gasteiger partial charge in [-0.05, 0) is 73.6 Å². The number of nitrogens with two attached hydrogens (primary N) is 1. The molecule has 0 unspecified atom stereocenters. The first kappa shape index (κ1) is 26.0. The van der Waals surface area contributed by atoms with Gasteiger partial charge >= 0.3 is 6.18 Å². The van der Waals surface area contributed by atoms with Gasteiger partial charge in [-0.25, -0.2) is 4.98 Å². The molecule has 0 atom stereocenters. The van der Waals surface area contributed by atoms with Crippen molar-refractivity contribution in [3.63, 3.8) is 0 Å². The maximum atomic E-state index is 12.8. The van der Waals surface area contributed by atoms with Crippen LogP contribution in [0.1, 0.15) is 49.6 Å². The van der Waals surface area contributed by atoms with E-state index in [4.69, 9.17) is 5.84 Å². The van der Waals surface area contributed by atoms with E-state index in [-0.39, 0.29) is 12.2 Å². The largest absolute Gasteiger partial charge is 0.433 e. The minimum atomic E-state index is -4.47. The summed E-state index contributed by atoms with van der Waals surface area (Å²) in [7, 11) is 0. The van der Waals surface area contributed by atoms with Gasteiger partial charge in [-0.15, -0.1) is 0 Å². The number of nitrogens with one attached hydrogen (secondary N) is 1. The lowest BCUT2D eigenvalue weighted by atomic mass is 9.89. The molecule has 0 radical (unpaired) electrons. The maximum Gasteiger partial charge on any atom is 0.433 e. The average molecular weight is 493 g/mol. The van der Waals surface area contributed by atoms with Gasteiger partial charge in [0.05, 0.1) is 18.0 Å². The predicted molar refractivity (Wildman–Crippen MR) is 134 cm³/mol. The first-order valence-electron chi connectivity index (χ1n) is 11.3. The molecule has 184 valence electrons. The molecule has 2 aromatic rings. The maximum absolute atomic E-state index is 12.8. The summed E-state index contributed by atoms with van der Waals surface area (Å²) in [6.45, 7) is 6.71. The molecule has 1 fully saturated rings. The Labute approximate surface area is 203 Å². The minimum Gasteiger partial charge on any atom is -0.330 e. The number of nitrogens with zero attached hydrogens (tertiary/aromatic N) is 4. The third-order valence-corrected chi connectivity index (χ3v) is 6.33. The lowest BCUT2D eigenvalue weighted by Gasteiger charge is -2.32. The second-order valence-electron chi connectivity index (χ2n) is 8.55. The molecule has 0 aliphatic carbocycles. The van der Waals surface area contributed by atoms with Crippen LogP contribution in [-0.4, -0.2) is 46.7 Å². The monoisotopic (exact) mass is 492 g/mol. The number of hydrogen-bond donors (Lipinski definition) is 2. The van der Waals surface area contributed by atoms with E-state index in [1.807, 2.05) is 0 Å². The van der Waals surface area contributed by atoms with E-state index >= 15 is 0 Å². The summed E-state index contributed by atoms with van der Waals surface area (Å²) in [5.41, 5.74) is 2.38. The topological polar surface area (TPSA) is 78.9 Å². The first-order chi connectivity index (χ1) is 16.2. The molecule has 1 aromatic heterocycles. The molecule has 0 spiro atoms. The van der Waals surface area contributed by atoms with E-state index < -0.39 is 11.9 Å². The molecule has 0 bridgehead atoms. The van der Waals surface area contributed by atoms with E-state index in [2.05, 4.69) is 62.8 Å². The van der Waals surface area contributed by atoms with Gasteiger partial charge in [-0.1, -0.05) is 32.0 Å². The fourth-order valence-electron chi connectivity index (χ4n) is 3.78. The number of pyridine rings is 1. The van der Waals surface area contributed by atoms with Gasteiger partial charge in [0.25, 0.3) is 0 Å². The lowest BCUT2D eigenvalue weighted by molar-refractivity contribution is -0.141.